The molecule has 3 aromatic rings. The lowest BCUT2D eigenvalue weighted by Gasteiger charge is -2.31. The van der Waals surface area contributed by atoms with Crippen LogP contribution in [0.4, 0.5) is 10.1 Å². The van der Waals surface area contributed by atoms with Crippen molar-refractivity contribution in [2.45, 2.75) is 37.8 Å². The van der Waals surface area contributed by atoms with Gasteiger partial charge in [0.05, 0.1) is 30.4 Å². The number of rotatable bonds is 5. The SMILES string of the molecule is O=C(NC1CCC(Oc2cc(N3CCOCC3)cc3nccnc23)CC1)c1ccc(Cl)cc1F. The first-order chi connectivity index (χ1) is 16.6. The first-order valence-electron chi connectivity index (χ1n) is 11.6. The number of benzene rings is 2. The third kappa shape index (κ3) is 5.08. The lowest BCUT2D eigenvalue weighted by atomic mass is 9.92. The molecule has 1 amide bonds. The first-order valence-corrected chi connectivity index (χ1v) is 11.9. The molecule has 0 unspecified atom stereocenters. The van der Waals surface area contributed by atoms with Crippen LogP contribution >= 0.6 is 11.6 Å². The molecule has 178 valence electrons. The number of amides is 1. The molecule has 2 heterocycles. The van der Waals surface area contributed by atoms with E-state index < -0.39 is 11.7 Å². The molecule has 1 aliphatic heterocycles. The highest BCUT2D eigenvalue weighted by atomic mass is 35.5. The molecule has 2 aromatic carbocycles. The molecule has 1 saturated carbocycles. The summed E-state index contributed by atoms with van der Waals surface area (Å²) in [6.45, 7) is 3.04. The Morgan fingerprint density at radius 1 is 1.09 bits per heavy atom. The van der Waals surface area contributed by atoms with Crippen molar-refractivity contribution >= 4 is 34.2 Å². The summed E-state index contributed by atoms with van der Waals surface area (Å²) in [5.41, 5.74) is 2.60. The fraction of sp³-hybridized carbons (Fsp3) is 0.400. The summed E-state index contributed by atoms with van der Waals surface area (Å²) in [5, 5.41) is 3.21. The molecule has 2 fully saturated rings. The number of morpholine rings is 1. The van der Waals surface area contributed by atoms with Crippen LogP contribution in [0.1, 0.15) is 36.0 Å². The molecule has 2 aliphatic rings. The van der Waals surface area contributed by atoms with Crippen molar-refractivity contribution in [3.8, 4) is 5.75 Å². The largest absolute Gasteiger partial charge is 0.488 e. The van der Waals surface area contributed by atoms with Crippen LogP contribution < -0.4 is 15.0 Å². The third-order valence-corrected chi connectivity index (χ3v) is 6.61. The number of carbonyl (C=O) groups excluding carboxylic acids is 1. The van der Waals surface area contributed by atoms with Crippen molar-refractivity contribution in [3.63, 3.8) is 0 Å². The predicted molar refractivity (Wildman–Crippen MR) is 128 cm³/mol. The van der Waals surface area contributed by atoms with Gasteiger partial charge in [-0.1, -0.05) is 11.6 Å². The van der Waals surface area contributed by atoms with Gasteiger partial charge in [0, 0.05) is 48.3 Å². The highest BCUT2D eigenvalue weighted by Gasteiger charge is 2.26. The molecule has 1 aromatic heterocycles. The van der Waals surface area contributed by atoms with E-state index in [1.807, 2.05) is 12.1 Å². The highest BCUT2D eigenvalue weighted by molar-refractivity contribution is 6.30. The fourth-order valence-electron chi connectivity index (χ4n) is 4.56. The predicted octanol–water partition coefficient (Wildman–Crippen LogP) is 4.38. The Hall–Kier alpha value is -2.97. The summed E-state index contributed by atoms with van der Waals surface area (Å²) >= 11 is 5.78. The molecule has 0 bridgehead atoms. The van der Waals surface area contributed by atoms with Gasteiger partial charge in [0.1, 0.15) is 17.1 Å². The van der Waals surface area contributed by atoms with Gasteiger partial charge >= 0.3 is 0 Å². The third-order valence-electron chi connectivity index (χ3n) is 6.38. The second-order valence-corrected chi connectivity index (χ2v) is 9.09. The van der Waals surface area contributed by atoms with E-state index in [0.717, 1.165) is 67.3 Å². The van der Waals surface area contributed by atoms with E-state index in [1.54, 1.807) is 12.4 Å². The Bertz CT molecular complexity index is 1180. The summed E-state index contributed by atoms with van der Waals surface area (Å²) in [6.07, 6.45) is 6.41. The summed E-state index contributed by atoms with van der Waals surface area (Å²) in [7, 11) is 0. The van der Waals surface area contributed by atoms with E-state index in [2.05, 4.69) is 20.2 Å². The molecule has 9 heteroatoms. The Morgan fingerprint density at radius 3 is 2.62 bits per heavy atom. The van der Waals surface area contributed by atoms with Crippen molar-refractivity contribution in [1.82, 2.24) is 15.3 Å². The lowest BCUT2D eigenvalue weighted by molar-refractivity contribution is 0.0891. The minimum atomic E-state index is -0.616. The van der Waals surface area contributed by atoms with Gasteiger partial charge in [-0.3, -0.25) is 9.78 Å². The van der Waals surface area contributed by atoms with Crippen molar-refractivity contribution in [3.05, 3.63) is 59.1 Å². The Kier molecular flexibility index (Phi) is 6.78. The monoisotopic (exact) mass is 484 g/mol. The number of nitrogens with zero attached hydrogens (tertiary/aromatic N) is 3. The molecule has 1 saturated heterocycles. The molecule has 5 rings (SSSR count). The number of hydrogen-bond acceptors (Lipinski definition) is 6. The second-order valence-electron chi connectivity index (χ2n) is 8.66. The maximum atomic E-state index is 14.1. The maximum Gasteiger partial charge on any atom is 0.254 e. The minimum absolute atomic E-state index is 0.00515. The number of anilines is 1. The Balaban J connectivity index is 1.24. The molecule has 0 radical (unpaired) electrons. The summed E-state index contributed by atoms with van der Waals surface area (Å²) in [4.78, 5) is 23.8. The van der Waals surface area contributed by atoms with Crippen LogP contribution in [0.2, 0.25) is 5.02 Å². The molecule has 0 atom stereocenters. The minimum Gasteiger partial charge on any atom is -0.488 e. The zero-order valence-electron chi connectivity index (χ0n) is 18.7. The van der Waals surface area contributed by atoms with Gasteiger partial charge in [0.15, 0.2) is 0 Å². The molecule has 0 spiro atoms. The maximum absolute atomic E-state index is 14.1. The average Bonchev–Trinajstić information content (AvgIpc) is 2.85. The van der Waals surface area contributed by atoms with Crippen LogP contribution in [0, 0.1) is 5.82 Å². The number of hydrogen-bond donors (Lipinski definition) is 1. The van der Waals surface area contributed by atoms with Gasteiger partial charge in [-0.25, -0.2) is 9.37 Å². The number of carbonyl (C=O) groups is 1. The van der Waals surface area contributed by atoms with E-state index in [1.165, 1.54) is 12.1 Å². The average molecular weight is 485 g/mol. The van der Waals surface area contributed by atoms with E-state index in [9.17, 15) is 9.18 Å². The number of nitrogens with one attached hydrogen (secondary N) is 1. The zero-order valence-corrected chi connectivity index (χ0v) is 19.4. The molecule has 1 aliphatic carbocycles. The molecular weight excluding hydrogens is 459 g/mol. The van der Waals surface area contributed by atoms with Crippen molar-refractivity contribution in [2.24, 2.45) is 0 Å². The lowest BCUT2D eigenvalue weighted by Crippen LogP contribution is -2.40. The second kappa shape index (κ2) is 10.1. The van der Waals surface area contributed by atoms with Crippen molar-refractivity contribution < 1.29 is 18.7 Å². The normalized spacial score (nSPS) is 20.8. The van der Waals surface area contributed by atoms with E-state index in [4.69, 9.17) is 21.1 Å². The van der Waals surface area contributed by atoms with Crippen molar-refractivity contribution in [2.75, 3.05) is 31.2 Å². The smallest absolute Gasteiger partial charge is 0.254 e. The summed E-state index contributed by atoms with van der Waals surface area (Å²) < 4.78 is 26.0. The van der Waals surface area contributed by atoms with Crippen LogP contribution in [0.15, 0.2) is 42.7 Å². The molecule has 1 N–H and O–H groups in total. The summed E-state index contributed by atoms with van der Waals surface area (Å²) in [6, 6.07) is 8.14. The summed E-state index contributed by atoms with van der Waals surface area (Å²) in [5.74, 6) is -0.309. The molecule has 7 nitrogen and oxygen atoms in total. The van der Waals surface area contributed by atoms with Crippen LogP contribution in [0.5, 0.6) is 5.75 Å². The fourth-order valence-corrected chi connectivity index (χ4v) is 4.72. The van der Waals surface area contributed by atoms with Gasteiger partial charge in [-0.15, -0.1) is 0 Å². The van der Waals surface area contributed by atoms with Crippen LogP contribution in [-0.4, -0.2) is 54.3 Å². The van der Waals surface area contributed by atoms with Gasteiger partial charge in [-0.05, 0) is 49.9 Å². The van der Waals surface area contributed by atoms with Crippen LogP contribution in [0.3, 0.4) is 0 Å². The van der Waals surface area contributed by atoms with Crippen LogP contribution in [0.25, 0.3) is 11.0 Å². The van der Waals surface area contributed by atoms with Gasteiger partial charge < -0.3 is 19.7 Å². The molecular formula is C25H26ClFN4O3. The molecule has 34 heavy (non-hydrogen) atoms. The number of halogens is 2. The van der Waals surface area contributed by atoms with Gasteiger partial charge in [0.25, 0.3) is 5.91 Å². The highest BCUT2D eigenvalue weighted by Crippen LogP contribution is 2.33. The van der Waals surface area contributed by atoms with E-state index in [-0.39, 0.29) is 22.7 Å². The topological polar surface area (TPSA) is 76.6 Å². The first kappa shape index (κ1) is 22.8. The van der Waals surface area contributed by atoms with Gasteiger partial charge in [0.2, 0.25) is 0 Å². The Morgan fingerprint density at radius 2 is 1.85 bits per heavy atom. The van der Waals surface area contributed by atoms with Crippen molar-refractivity contribution in [1.29, 1.82) is 0 Å². The quantitative estimate of drug-likeness (QED) is 0.579. The number of aromatic nitrogens is 2. The number of ether oxygens (including phenoxy) is 2. The standard InChI is InChI=1S/C25H26ClFN4O3/c26-16-1-6-20(21(27)13-16)25(32)30-17-2-4-19(5-3-17)34-23-15-18(31-9-11-33-12-10-31)14-22-24(23)29-8-7-28-22/h1,6-8,13-15,17,19H,2-5,9-12H2,(H,30,32). The number of fused-ring (bicyclic) bond motifs is 1. The Labute approximate surface area is 202 Å². The van der Waals surface area contributed by atoms with Crippen LogP contribution in [-0.2, 0) is 4.74 Å². The van der Waals surface area contributed by atoms with Gasteiger partial charge in [-0.2, -0.15) is 0 Å². The van der Waals surface area contributed by atoms with E-state index >= 15 is 0 Å². The van der Waals surface area contributed by atoms with E-state index in [0.29, 0.717) is 13.2 Å². The zero-order chi connectivity index (χ0) is 23.5.